The highest BCUT2D eigenvalue weighted by molar-refractivity contribution is 5.79. The maximum absolute atomic E-state index is 12.7. The quantitative estimate of drug-likeness (QED) is 0.849. The van der Waals surface area contributed by atoms with Crippen LogP contribution < -0.4 is 0 Å². The van der Waals surface area contributed by atoms with Crippen LogP contribution in [0.3, 0.4) is 0 Å². The van der Waals surface area contributed by atoms with Crippen molar-refractivity contribution in [3.05, 3.63) is 42.2 Å². The molecule has 27 heavy (non-hydrogen) atoms. The van der Waals surface area contributed by atoms with Gasteiger partial charge < -0.3 is 10.0 Å². The van der Waals surface area contributed by atoms with Crippen LogP contribution in [0.2, 0.25) is 0 Å². The lowest BCUT2D eigenvalue weighted by Gasteiger charge is -2.34. The molecule has 1 N–H and O–H groups in total. The molecule has 144 valence electrons. The van der Waals surface area contributed by atoms with Gasteiger partial charge in [0.05, 0.1) is 5.92 Å². The number of benzene rings is 1. The second-order valence-electron chi connectivity index (χ2n) is 7.00. The molecule has 1 fully saturated rings. The predicted octanol–water partition coefficient (Wildman–Crippen LogP) is 2.93. The van der Waals surface area contributed by atoms with Crippen LogP contribution in [0.5, 0.6) is 5.75 Å². The molecule has 2 aromatic rings. The van der Waals surface area contributed by atoms with E-state index < -0.39 is 0 Å². The summed E-state index contributed by atoms with van der Waals surface area (Å²) in [6, 6.07) is 7.26. The number of aromatic nitrogens is 2. The molecule has 2 heterocycles. The zero-order valence-electron chi connectivity index (χ0n) is 16.1. The standard InChI is InChI=1S/C21H28N4O2/c1-3-25(4-2)21(27)17-7-5-12-24(14-17)15-18-13-16(8-9-19(18)26)20-22-10-6-11-23-20/h6,8-11,13,17,26H,3-5,7,12,14-15H2,1-2H3/t17-/m0/s1. The Labute approximate surface area is 160 Å². The number of likely N-dealkylation sites (tertiary alicyclic amines) is 1. The largest absolute Gasteiger partial charge is 0.508 e. The third kappa shape index (κ3) is 4.63. The summed E-state index contributed by atoms with van der Waals surface area (Å²) < 4.78 is 0. The Morgan fingerprint density at radius 1 is 1.26 bits per heavy atom. The Kier molecular flexibility index (Phi) is 6.40. The van der Waals surface area contributed by atoms with Crippen LogP contribution in [0.15, 0.2) is 36.7 Å². The second kappa shape index (κ2) is 8.95. The summed E-state index contributed by atoms with van der Waals surface area (Å²) in [6.45, 7) is 7.86. The number of aromatic hydroxyl groups is 1. The minimum absolute atomic E-state index is 0.0430. The number of hydrogen-bond donors (Lipinski definition) is 1. The number of piperidine rings is 1. The minimum atomic E-state index is 0.0430. The van der Waals surface area contributed by atoms with Gasteiger partial charge in [0.2, 0.25) is 5.91 Å². The third-order valence-corrected chi connectivity index (χ3v) is 5.23. The van der Waals surface area contributed by atoms with E-state index in [2.05, 4.69) is 14.9 Å². The highest BCUT2D eigenvalue weighted by Crippen LogP contribution is 2.27. The van der Waals surface area contributed by atoms with Crippen LogP contribution in [-0.2, 0) is 11.3 Å². The molecule has 1 atom stereocenters. The fraction of sp³-hybridized carbons (Fsp3) is 0.476. The first-order chi connectivity index (χ1) is 13.1. The topological polar surface area (TPSA) is 69.6 Å². The van der Waals surface area contributed by atoms with Crippen LogP contribution in [0, 0.1) is 5.92 Å². The van der Waals surface area contributed by atoms with Crippen LogP contribution >= 0.6 is 0 Å². The maximum atomic E-state index is 12.7. The molecule has 1 aromatic carbocycles. The second-order valence-corrected chi connectivity index (χ2v) is 7.00. The van der Waals surface area contributed by atoms with E-state index in [4.69, 9.17) is 0 Å². The van der Waals surface area contributed by atoms with E-state index in [0.29, 0.717) is 12.4 Å². The molecule has 1 aliphatic heterocycles. The maximum Gasteiger partial charge on any atom is 0.226 e. The van der Waals surface area contributed by atoms with Crippen molar-refractivity contribution >= 4 is 5.91 Å². The van der Waals surface area contributed by atoms with Gasteiger partial charge in [0.25, 0.3) is 0 Å². The Morgan fingerprint density at radius 2 is 2.00 bits per heavy atom. The number of nitrogens with zero attached hydrogens (tertiary/aromatic N) is 4. The van der Waals surface area contributed by atoms with Gasteiger partial charge in [0, 0.05) is 49.7 Å². The molecule has 0 aliphatic carbocycles. The zero-order chi connectivity index (χ0) is 19.2. The van der Waals surface area contributed by atoms with Crippen LogP contribution in [-0.4, -0.2) is 57.0 Å². The summed E-state index contributed by atoms with van der Waals surface area (Å²) in [6.07, 6.45) is 5.36. The molecule has 0 radical (unpaired) electrons. The smallest absolute Gasteiger partial charge is 0.226 e. The molecule has 0 bridgehead atoms. The first kappa shape index (κ1) is 19.3. The molecular formula is C21H28N4O2. The number of phenolic OH excluding ortho intramolecular Hbond substituents is 1. The Morgan fingerprint density at radius 3 is 2.70 bits per heavy atom. The molecule has 6 nitrogen and oxygen atoms in total. The first-order valence-electron chi connectivity index (χ1n) is 9.72. The molecule has 1 aliphatic rings. The summed E-state index contributed by atoms with van der Waals surface area (Å²) in [4.78, 5) is 25.4. The van der Waals surface area contributed by atoms with Gasteiger partial charge in [-0.3, -0.25) is 9.69 Å². The van der Waals surface area contributed by atoms with Crippen molar-refractivity contribution in [1.29, 1.82) is 0 Å². The van der Waals surface area contributed by atoms with Gasteiger partial charge in [0.15, 0.2) is 5.82 Å². The molecular weight excluding hydrogens is 340 g/mol. The summed E-state index contributed by atoms with van der Waals surface area (Å²) >= 11 is 0. The van der Waals surface area contributed by atoms with Crippen molar-refractivity contribution in [3.63, 3.8) is 0 Å². The van der Waals surface area contributed by atoms with E-state index >= 15 is 0 Å². The van der Waals surface area contributed by atoms with Gasteiger partial charge in [-0.2, -0.15) is 0 Å². The SMILES string of the molecule is CCN(CC)C(=O)[C@H]1CCCN(Cc2cc(-c3ncccn3)ccc2O)C1. The number of carbonyl (C=O) groups is 1. The van der Waals surface area contributed by atoms with E-state index in [9.17, 15) is 9.90 Å². The summed E-state index contributed by atoms with van der Waals surface area (Å²) in [5.74, 6) is 1.21. The minimum Gasteiger partial charge on any atom is -0.508 e. The van der Waals surface area contributed by atoms with Gasteiger partial charge in [-0.25, -0.2) is 9.97 Å². The van der Waals surface area contributed by atoms with Crippen molar-refractivity contribution in [2.75, 3.05) is 26.2 Å². The fourth-order valence-electron chi connectivity index (χ4n) is 3.73. The van der Waals surface area contributed by atoms with Crippen molar-refractivity contribution in [2.45, 2.75) is 33.2 Å². The summed E-state index contributed by atoms with van der Waals surface area (Å²) in [5, 5.41) is 10.3. The highest BCUT2D eigenvalue weighted by atomic mass is 16.3. The molecule has 1 aromatic heterocycles. The van der Waals surface area contributed by atoms with Gasteiger partial charge in [-0.15, -0.1) is 0 Å². The molecule has 1 saturated heterocycles. The van der Waals surface area contributed by atoms with Gasteiger partial charge in [-0.1, -0.05) is 0 Å². The van der Waals surface area contributed by atoms with Crippen molar-refractivity contribution in [1.82, 2.24) is 19.8 Å². The molecule has 0 saturated carbocycles. The fourth-order valence-corrected chi connectivity index (χ4v) is 3.73. The van der Waals surface area contributed by atoms with Gasteiger partial charge in [0.1, 0.15) is 5.75 Å². The lowest BCUT2D eigenvalue weighted by molar-refractivity contribution is -0.137. The summed E-state index contributed by atoms with van der Waals surface area (Å²) in [7, 11) is 0. The molecule has 1 amide bonds. The van der Waals surface area contributed by atoms with Gasteiger partial charge >= 0.3 is 0 Å². The molecule has 0 spiro atoms. The van der Waals surface area contributed by atoms with Gasteiger partial charge in [-0.05, 0) is 57.5 Å². The number of hydrogen-bond acceptors (Lipinski definition) is 5. The van der Waals surface area contributed by atoms with E-state index in [1.165, 1.54) is 0 Å². The Balaban J connectivity index is 1.72. The molecule has 0 unspecified atom stereocenters. The average molecular weight is 368 g/mol. The van der Waals surface area contributed by atoms with Crippen LogP contribution in [0.1, 0.15) is 32.3 Å². The molecule has 3 rings (SSSR count). The molecule has 6 heteroatoms. The summed E-state index contributed by atoms with van der Waals surface area (Å²) in [5.41, 5.74) is 1.73. The number of phenols is 1. The normalized spacial score (nSPS) is 17.6. The monoisotopic (exact) mass is 368 g/mol. The Hall–Kier alpha value is -2.47. The van der Waals surface area contributed by atoms with Crippen LogP contribution in [0.25, 0.3) is 11.4 Å². The van der Waals surface area contributed by atoms with E-state index in [1.54, 1.807) is 24.5 Å². The zero-order valence-corrected chi connectivity index (χ0v) is 16.1. The van der Waals surface area contributed by atoms with E-state index in [-0.39, 0.29) is 17.6 Å². The predicted molar refractivity (Wildman–Crippen MR) is 105 cm³/mol. The van der Waals surface area contributed by atoms with E-state index in [1.807, 2.05) is 30.9 Å². The number of carbonyl (C=O) groups excluding carboxylic acids is 1. The Bertz CT molecular complexity index is 762. The first-order valence-corrected chi connectivity index (χ1v) is 9.72. The van der Waals surface area contributed by atoms with E-state index in [0.717, 1.165) is 50.1 Å². The van der Waals surface area contributed by atoms with Crippen LogP contribution in [0.4, 0.5) is 0 Å². The average Bonchev–Trinajstić information content (AvgIpc) is 2.71. The van der Waals surface area contributed by atoms with Crippen molar-refractivity contribution in [3.8, 4) is 17.1 Å². The lowest BCUT2D eigenvalue weighted by atomic mass is 9.95. The number of rotatable bonds is 6. The third-order valence-electron chi connectivity index (χ3n) is 5.23. The highest BCUT2D eigenvalue weighted by Gasteiger charge is 2.28. The number of amides is 1. The van der Waals surface area contributed by atoms with Crippen molar-refractivity contribution in [2.24, 2.45) is 5.92 Å². The van der Waals surface area contributed by atoms with Crippen molar-refractivity contribution < 1.29 is 9.90 Å². The lowest BCUT2D eigenvalue weighted by Crippen LogP contribution is -2.44.